The van der Waals surface area contributed by atoms with E-state index in [0.29, 0.717) is 12.0 Å². The lowest BCUT2D eigenvalue weighted by molar-refractivity contribution is -0.0793. The van der Waals surface area contributed by atoms with Gasteiger partial charge >= 0.3 is 13.5 Å². The van der Waals surface area contributed by atoms with Crippen LogP contribution in [-0.4, -0.2) is 60.2 Å². The third-order valence-electron chi connectivity index (χ3n) is 4.22. The lowest BCUT2D eigenvalue weighted by Gasteiger charge is -2.26. The summed E-state index contributed by atoms with van der Waals surface area (Å²) in [6.07, 6.45) is -1.39. The number of anilines is 1. The third-order valence-corrected chi connectivity index (χ3v) is 5.19. The van der Waals surface area contributed by atoms with E-state index in [0.717, 1.165) is 7.11 Å². The minimum atomic E-state index is -4.31. The Morgan fingerprint density at radius 3 is 2.67 bits per heavy atom. The molecule has 1 aromatic heterocycles. The summed E-state index contributed by atoms with van der Waals surface area (Å²) < 4.78 is 39.7. The lowest BCUT2D eigenvalue weighted by Crippen LogP contribution is -2.39. The Hall–Kier alpha value is -1.33. The van der Waals surface area contributed by atoms with Crippen LogP contribution < -0.4 is 11.4 Å². The zero-order chi connectivity index (χ0) is 20.2. The summed E-state index contributed by atoms with van der Waals surface area (Å²) in [6, 6.07) is 0. The molecular weight excluding hydrogens is 381 g/mol. The van der Waals surface area contributed by atoms with Crippen LogP contribution >= 0.6 is 7.82 Å². The van der Waals surface area contributed by atoms with Crippen molar-refractivity contribution in [2.45, 2.75) is 44.8 Å². The fraction of sp³-hybridized carbons (Fsp3) is 0.733. The molecule has 0 amide bonds. The number of aromatic nitrogens is 2. The molecule has 2 unspecified atom stereocenters. The van der Waals surface area contributed by atoms with Gasteiger partial charge in [-0.25, -0.2) is 9.36 Å². The average Bonchev–Trinajstić information content (AvgIpc) is 2.95. The molecular formula is C15H26N3O8P. The van der Waals surface area contributed by atoms with Crippen molar-refractivity contribution in [3.05, 3.63) is 22.2 Å². The van der Waals surface area contributed by atoms with Gasteiger partial charge in [0.15, 0.2) is 6.23 Å². The van der Waals surface area contributed by atoms with Crippen molar-refractivity contribution in [1.82, 2.24) is 9.55 Å². The molecule has 0 saturated carbocycles. The van der Waals surface area contributed by atoms with Gasteiger partial charge in [-0.2, -0.15) is 4.98 Å². The number of methoxy groups -OCH3 is 1. The van der Waals surface area contributed by atoms with Gasteiger partial charge in [-0.15, -0.1) is 0 Å². The van der Waals surface area contributed by atoms with Gasteiger partial charge in [-0.1, -0.05) is 6.92 Å². The Kier molecular flexibility index (Phi) is 7.52. The number of phosphoric ester groups is 1. The molecule has 1 aromatic rings. The van der Waals surface area contributed by atoms with E-state index in [1.807, 2.05) is 6.92 Å². The second kappa shape index (κ2) is 9.24. The van der Waals surface area contributed by atoms with Crippen LogP contribution in [0.4, 0.5) is 5.82 Å². The van der Waals surface area contributed by atoms with Crippen LogP contribution in [0.5, 0.6) is 0 Å². The van der Waals surface area contributed by atoms with Gasteiger partial charge < -0.3 is 24.8 Å². The van der Waals surface area contributed by atoms with Crippen LogP contribution in [0, 0.1) is 6.92 Å². The van der Waals surface area contributed by atoms with Crippen molar-refractivity contribution in [2.75, 3.05) is 33.2 Å². The van der Waals surface area contributed by atoms with Gasteiger partial charge in [0, 0.05) is 26.0 Å². The van der Waals surface area contributed by atoms with Crippen molar-refractivity contribution in [2.24, 2.45) is 0 Å². The Morgan fingerprint density at radius 1 is 1.37 bits per heavy atom. The fourth-order valence-electron chi connectivity index (χ4n) is 2.79. The van der Waals surface area contributed by atoms with Crippen molar-refractivity contribution >= 4 is 13.6 Å². The van der Waals surface area contributed by atoms with E-state index in [1.165, 1.54) is 17.9 Å². The summed E-state index contributed by atoms with van der Waals surface area (Å²) in [4.78, 5) is 25.9. The lowest BCUT2D eigenvalue weighted by atomic mass is 10.1. The fourth-order valence-corrected chi connectivity index (χ4v) is 3.44. The second-order valence-corrected chi connectivity index (χ2v) is 7.53. The molecule has 0 radical (unpaired) electrons. The smallest absolute Gasteiger partial charge is 0.383 e. The minimum Gasteiger partial charge on any atom is -0.383 e. The number of hydrogen-bond acceptors (Lipinski definition) is 9. The van der Waals surface area contributed by atoms with Crippen LogP contribution in [0.15, 0.2) is 11.0 Å². The zero-order valence-electron chi connectivity index (χ0n) is 15.7. The summed E-state index contributed by atoms with van der Waals surface area (Å²) in [7, 11) is -1.73. The number of rotatable bonds is 9. The maximum atomic E-state index is 12.3. The highest BCUT2D eigenvalue weighted by molar-refractivity contribution is 7.47. The van der Waals surface area contributed by atoms with Gasteiger partial charge in [0.1, 0.15) is 18.0 Å². The second-order valence-electron chi connectivity index (χ2n) is 6.02. The van der Waals surface area contributed by atoms with E-state index < -0.39 is 38.1 Å². The van der Waals surface area contributed by atoms with Crippen molar-refractivity contribution in [3.63, 3.8) is 0 Å². The average molecular weight is 407 g/mol. The standard InChI is InChI=1S/C15H26N3O8P/c1-5-10-11(26-27(20,21)23-4)12(24-7-6-22-3)14(25-10)18-8-9(2)13(16)17-15(18)19/h8,10-12,14H,5-7H2,1-4H3,(H,20,21)(H2,16,17,19)/t10-,11?,12+,14-/m1/s1. The van der Waals surface area contributed by atoms with Gasteiger partial charge in [-0.3, -0.25) is 13.6 Å². The number of hydrogen-bond donors (Lipinski definition) is 2. The summed E-state index contributed by atoms with van der Waals surface area (Å²) in [5.41, 5.74) is 5.63. The normalized spacial score (nSPS) is 27.6. The van der Waals surface area contributed by atoms with E-state index >= 15 is 0 Å². The van der Waals surface area contributed by atoms with Crippen molar-refractivity contribution in [1.29, 1.82) is 0 Å². The minimum absolute atomic E-state index is 0.116. The van der Waals surface area contributed by atoms with Gasteiger partial charge in [0.2, 0.25) is 0 Å². The summed E-state index contributed by atoms with van der Waals surface area (Å²) in [5.74, 6) is 0.116. The van der Waals surface area contributed by atoms with Gasteiger partial charge in [0.05, 0.1) is 19.3 Å². The van der Waals surface area contributed by atoms with E-state index in [2.05, 4.69) is 9.51 Å². The third kappa shape index (κ3) is 5.14. The van der Waals surface area contributed by atoms with Crippen molar-refractivity contribution < 1.29 is 32.7 Å². The first-order valence-electron chi connectivity index (χ1n) is 8.42. The van der Waals surface area contributed by atoms with Crippen LogP contribution in [0.25, 0.3) is 0 Å². The van der Waals surface area contributed by atoms with Crippen LogP contribution in [0.2, 0.25) is 0 Å². The molecule has 154 valence electrons. The molecule has 11 nitrogen and oxygen atoms in total. The van der Waals surface area contributed by atoms with Crippen LogP contribution in [0.1, 0.15) is 25.1 Å². The quantitative estimate of drug-likeness (QED) is 0.441. The summed E-state index contributed by atoms with van der Waals surface area (Å²) in [6.45, 7) is 3.96. The summed E-state index contributed by atoms with van der Waals surface area (Å²) in [5, 5.41) is 0. The molecule has 12 heteroatoms. The molecule has 1 aliphatic rings. The number of aryl methyl sites for hydroxylation is 1. The van der Waals surface area contributed by atoms with Crippen LogP contribution in [0.3, 0.4) is 0 Å². The molecule has 0 spiro atoms. The molecule has 0 aliphatic carbocycles. The molecule has 0 bridgehead atoms. The Labute approximate surface area is 157 Å². The number of nitrogens with zero attached hydrogens (tertiary/aromatic N) is 2. The molecule has 1 aliphatic heterocycles. The molecule has 1 fully saturated rings. The number of ether oxygens (including phenoxy) is 3. The highest BCUT2D eigenvalue weighted by Gasteiger charge is 2.49. The number of nitrogen functional groups attached to an aromatic ring is 1. The van der Waals surface area contributed by atoms with Gasteiger partial charge in [0.25, 0.3) is 0 Å². The van der Waals surface area contributed by atoms with Gasteiger partial charge in [-0.05, 0) is 13.3 Å². The maximum absolute atomic E-state index is 12.3. The Morgan fingerprint density at radius 2 is 2.07 bits per heavy atom. The monoisotopic (exact) mass is 407 g/mol. The SMILES string of the molecule is CC[C@H]1O[C@@H](n2cc(C)c(N)nc2=O)[C@@H](OCCOC)C1OP(=O)(O)OC. The predicted octanol–water partition coefficient (Wildman–Crippen LogP) is 0.605. The molecule has 5 atom stereocenters. The maximum Gasteiger partial charge on any atom is 0.472 e. The van der Waals surface area contributed by atoms with Crippen molar-refractivity contribution in [3.8, 4) is 0 Å². The molecule has 3 N–H and O–H groups in total. The molecule has 0 aromatic carbocycles. The summed E-state index contributed by atoms with van der Waals surface area (Å²) >= 11 is 0. The largest absolute Gasteiger partial charge is 0.472 e. The van der Waals surface area contributed by atoms with E-state index in [4.69, 9.17) is 24.5 Å². The van der Waals surface area contributed by atoms with E-state index in [9.17, 15) is 14.3 Å². The molecule has 27 heavy (non-hydrogen) atoms. The first kappa shape index (κ1) is 22.0. The first-order valence-corrected chi connectivity index (χ1v) is 9.91. The Balaban J connectivity index is 2.41. The molecule has 2 rings (SSSR count). The predicted molar refractivity (Wildman–Crippen MR) is 95.2 cm³/mol. The highest BCUT2D eigenvalue weighted by atomic mass is 31.2. The Bertz CT molecular complexity index is 742. The topological polar surface area (TPSA) is 144 Å². The number of phosphoric acid groups is 1. The first-order chi connectivity index (χ1) is 12.7. The molecule has 2 heterocycles. The van der Waals surface area contributed by atoms with E-state index in [1.54, 1.807) is 6.92 Å². The zero-order valence-corrected chi connectivity index (χ0v) is 16.6. The molecule has 1 saturated heterocycles. The van der Waals surface area contributed by atoms with Crippen LogP contribution in [-0.2, 0) is 27.8 Å². The number of nitrogens with two attached hydrogens (primary N) is 1. The highest BCUT2D eigenvalue weighted by Crippen LogP contribution is 2.48. The van der Waals surface area contributed by atoms with E-state index in [-0.39, 0.29) is 19.0 Å².